The maximum Gasteiger partial charge on any atom is 0.266 e. The molecule has 0 unspecified atom stereocenters. The Balaban J connectivity index is 2.00. The molecule has 1 fully saturated rings. The van der Waals surface area contributed by atoms with Crippen molar-refractivity contribution in [1.82, 2.24) is 4.98 Å². The number of benzene rings is 1. The van der Waals surface area contributed by atoms with Crippen molar-refractivity contribution in [2.24, 2.45) is 0 Å². The van der Waals surface area contributed by atoms with E-state index in [9.17, 15) is 0 Å². The first-order chi connectivity index (χ1) is 7.83. The van der Waals surface area contributed by atoms with Crippen LogP contribution in [0.1, 0.15) is 43.6 Å². The zero-order chi connectivity index (χ0) is 11.0. The van der Waals surface area contributed by atoms with E-state index in [-0.39, 0.29) is 0 Å². The SMILES string of the molecule is S=c1[nH]c2cc(C3CCCCC3)ccc2o1. The topological polar surface area (TPSA) is 28.9 Å². The largest absolute Gasteiger partial charge is 0.429 e. The number of aromatic amines is 1. The molecule has 0 spiro atoms. The van der Waals surface area contributed by atoms with Gasteiger partial charge in [0, 0.05) is 0 Å². The Morgan fingerprint density at radius 1 is 1.19 bits per heavy atom. The maximum absolute atomic E-state index is 5.37. The third kappa shape index (κ3) is 1.80. The molecule has 0 atom stereocenters. The summed E-state index contributed by atoms with van der Waals surface area (Å²) in [5.41, 5.74) is 3.33. The van der Waals surface area contributed by atoms with Crippen molar-refractivity contribution in [3.05, 3.63) is 28.6 Å². The van der Waals surface area contributed by atoms with Gasteiger partial charge in [-0.05, 0) is 48.7 Å². The van der Waals surface area contributed by atoms with Crippen LogP contribution in [0.4, 0.5) is 0 Å². The highest BCUT2D eigenvalue weighted by Gasteiger charge is 2.16. The number of rotatable bonds is 1. The van der Waals surface area contributed by atoms with Crippen molar-refractivity contribution in [1.29, 1.82) is 0 Å². The second-order valence-corrected chi connectivity index (χ2v) is 4.98. The van der Waals surface area contributed by atoms with E-state index < -0.39 is 0 Å². The third-order valence-corrected chi connectivity index (χ3v) is 3.70. The van der Waals surface area contributed by atoms with Crippen LogP contribution in [0.25, 0.3) is 11.1 Å². The van der Waals surface area contributed by atoms with Gasteiger partial charge < -0.3 is 9.40 Å². The lowest BCUT2D eigenvalue weighted by Crippen LogP contribution is -2.04. The first-order valence-corrected chi connectivity index (χ1v) is 6.36. The molecule has 1 aromatic carbocycles. The molecule has 16 heavy (non-hydrogen) atoms. The van der Waals surface area contributed by atoms with E-state index in [0.29, 0.717) is 4.84 Å². The average molecular weight is 233 g/mol. The molecular formula is C13H15NOS. The van der Waals surface area contributed by atoms with E-state index >= 15 is 0 Å². The molecule has 1 saturated carbocycles. The van der Waals surface area contributed by atoms with Crippen molar-refractivity contribution >= 4 is 23.3 Å². The molecule has 1 aromatic heterocycles. The molecule has 0 bridgehead atoms. The van der Waals surface area contributed by atoms with Gasteiger partial charge in [0.15, 0.2) is 5.58 Å². The van der Waals surface area contributed by atoms with Gasteiger partial charge in [-0.25, -0.2) is 0 Å². The summed E-state index contributed by atoms with van der Waals surface area (Å²) in [6, 6.07) is 6.42. The Kier molecular flexibility index (Phi) is 2.56. The molecule has 3 rings (SSSR count). The van der Waals surface area contributed by atoms with Gasteiger partial charge in [0.25, 0.3) is 4.84 Å². The van der Waals surface area contributed by atoms with E-state index in [1.165, 1.54) is 37.7 Å². The summed E-state index contributed by atoms with van der Waals surface area (Å²) in [5.74, 6) is 0.732. The smallest absolute Gasteiger partial charge is 0.266 e. The molecule has 2 aromatic rings. The highest BCUT2D eigenvalue weighted by Crippen LogP contribution is 2.33. The summed E-state index contributed by atoms with van der Waals surface area (Å²) in [7, 11) is 0. The third-order valence-electron chi connectivity index (χ3n) is 3.52. The second-order valence-electron chi connectivity index (χ2n) is 4.61. The Labute approximate surface area is 99.7 Å². The number of hydrogen-bond donors (Lipinski definition) is 1. The summed E-state index contributed by atoms with van der Waals surface area (Å²) in [6.45, 7) is 0. The van der Waals surface area contributed by atoms with Gasteiger partial charge in [-0.15, -0.1) is 0 Å². The van der Waals surface area contributed by atoms with Crippen LogP contribution in [0.2, 0.25) is 0 Å². The summed E-state index contributed by atoms with van der Waals surface area (Å²) < 4.78 is 5.37. The Morgan fingerprint density at radius 3 is 2.81 bits per heavy atom. The van der Waals surface area contributed by atoms with Crippen molar-refractivity contribution in [3.63, 3.8) is 0 Å². The van der Waals surface area contributed by atoms with Crippen LogP contribution in [0, 0.1) is 4.84 Å². The van der Waals surface area contributed by atoms with Gasteiger partial charge in [0.1, 0.15) is 0 Å². The van der Waals surface area contributed by atoms with Crippen LogP contribution in [0.15, 0.2) is 22.6 Å². The van der Waals surface area contributed by atoms with Crippen molar-refractivity contribution in [2.75, 3.05) is 0 Å². The molecule has 0 radical (unpaired) electrons. The highest BCUT2D eigenvalue weighted by molar-refractivity contribution is 7.71. The summed E-state index contributed by atoms with van der Waals surface area (Å²) in [6.07, 6.45) is 6.77. The lowest BCUT2D eigenvalue weighted by Gasteiger charge is -2.21. The summed E-state index contributed by atoms with van der Waals surface area (Å²) >= 11 is 4.99. The van der Waals surface area contributed by atoms with Crippen molar-refractivity contribution < 1.29 is 4.42 Å². The predicted molar refractivity (Wildman–Crippen MR) is 67.2 cm³/mol. The van der Waals surface area contributed by atoms with E-state index in [4.69, 9.17) is 16.6 Å². The first kappa shape index (κ1) is 10.1. The Hall–Kier alpha value is -1.09. The molecule has 2 nitrogen and oxygen atoms in total. The van der Waals surface area contributed by atoms with Crippen LogP contribution in [-0.2, 0) is 0 Å². The lowest BCUT2D eigenvalue weighted by molar-refractivity contribution is 0.444. The van der Waals surface area contributed by atoms with Crippen LogP contribution in [-0.4, -0.2) is 4.98 Å². The predicted octanol–water partition coefficient (Wildman–Crippen LogP) is 4.54. The minimum Gasteiger partial charge on any atom is -0.429 e. The van der Waals surface area contributed by atoms with Crippen LogP contribution >= 0.6 is 12.2 Å². The fourth-order valence-corrected chi connectivity index (χ4v) is 2.86. The minimum atomic E-state index is 0.468. The van der Waals surface area contributed by atoms with E-state index in [1.807, 2.05) is 6.07 Å². The van der Waals surface area contributed by atoms with Gasteiger partial charge in [0.05, 0.1) is 5.52 Å². The first-order valence-electron chi connectivity index (χ1n) is 5.96. The molecule has 0 amide bonds. The van der Waals surface area contributed by atoms with Crippen LogP contribution in [0.5, 0.6) is 0 Å². The zero-order valence-electron chi connectivity index (χ0n) is 9.16. The molecule has 0 aliphatic heterocycles. The molecule has 1 heterocycles. The number of aromatic nitrogens is 1. The molecular weight excluding hydrogens is 218 g/mol. The lowest BCUT2D eigenvalue weighted by atomic mass is 9.84. The summed E-state index contributed by atoms with van der Waals surface area (Å²) in [4.78, 5) is 3.55. The van der Waals surface area contributed by atoms with Gasteiger partial charge >= 0.3 is 0 Å². The van der Waals surface area contributed by atoms with Crippen LogP contribution in [0.3, 0.4) is 0 Å². The number of H-pyrrole nitrogens is 1. The highest BCUT2D eigenvalue weighted by atomic mass is 32.1. The van der Waals surface area contributed by atoms with Gasteiger partial charge in [0.2, 0.25) is 0 Å². The quantitative estimate of drug-likeness (QED) is 0.733. The number of nitrogens with one attached hydrogen (secondary N) is 1. The zero-order valence-corrected chi connectivity index (χ0v) is 9.98. The fraction of sp³-hybridized carbons (Fsp3) is 0.462. The standard InChI is InChI=1S/C13H15NOS/c16-13-14-11-8-10(6-7-12(11)15-13)9-4-2-1-3-5-9/h6-9H,1-5H2,(H,14,16). The molecule has 3 heteroatoms. The normalized spacial score (nSPS) is 18.0. The second kappa shape index (κ2) is 4.06. The monoisotopic (exact) mass is 233 g/mol. The maximum atomic E-state index is 5.37. The molecule has 1 aliphatic rings. The van der Waals surface area contributed by atoms with E-state index in [1.54, 1.807) is 0 Å². The van der Waals surface area contributed by atoms with Crippen molar-refractivity contribution in [2.45, 2.75) is 38.0 Å². The van der Waals surface area contributed by atoms with E-state index in [0.717, 1.165) is 17.0 Å². The Morgan fingerprint density at radius 2 is 2.00 bits per heavy atom. The number of fused-ring (bicyclic) bond motifs is 1. The number of oxazole rings is 1. The van der Waals surface area contributed by atoms with Gasteiger partial charge in [-0.1, -0.05) is 25.3 Å². The van der Waals surface area contributed by atoms with Crippen LogP contribution < -0.4 is 0 Å². The molecule has 1 N–H and O–H groups in total. The van der Waals surface area contributed by atoms with Crippen molar-refractivity contribution in [3.8, 4) is 0 Å². The fourth-order valence-electron chi connectivity index (χ4n) is 2.66. The molecule has 84 valence electrons. The molecule has 1 aliphatic carbocycles. The molecule has 0 saturated heterocycles. The van der Waals surface area contributed by atoms with Gasteiger partial charge in [-0.3, -0.25) is 0 Å². The minimum absolute atomic E-state index is 0.468. The van der Waals surface area contributed by atoms with Gasteiger partial charge in [-0.2, -0.15) is 0 Å². The van der Waals surface area contributed by atoms with E-state index in [2.05, 4.69) is 17.1 Å². The average Bonchev–Trinajstić information content (AvgIpc) is 2.69. The number of hydrogen-bond acceptors (Lipinski definition) is 2. The summed E-state index contributed by atoms with van der Waals surface area (Å²) in [5, 5.41) is 0. The Bertz CT molecular complexity index is 548.